The summed E-state index contributed by atoms with van der Waals surface area (Å²) in [6.07, 6.45) is 50.2. The SMILES string of the molecule is CCCCCCCC/C=C\CCCCCCCC(=O)OCCCCCCCCCCCCCC(=O)NC(CO)C(O)CCCCCCCCCCCCCC. The first-order valence-electron chi connectivity index (χ1n) is 24.4. The second-order valence-electron chi connectivity index (χ2n) is 16.8. The largest absolute Gasteiger partial charge is 0.466 e. The lowest BCUT2D eigenvalue weighted by molar-refractivity contribution is -0.143. The van der Waals surface area contributed by atoms with Gasteiger partial charge >= 0.3 is 5.97 Å². The molecule has 2 atom stereocenters. The maximum Gasteiger partial charge on any atom is 0.305 e. The van der Waals surface area contributed by atoms with Gasteiger partial charge in [0.2, 0.25) is 5.91 Å². The third kappa shape index (κ3) is 42.0. The molecule has 0 radical (unpaired) electrons. The highest BCUT2D eigenvalue weighted by Gasteiger charge is 2.20. The number of ether oxygens (including phenoxy) is 1. The minimum atomic E-state index is -0.674. The van der Waals surface area contributed by atoms with Crippen molar-refractivity contribution in [2.75, 3.05) is 13.2 Å². The molecule has 0 aromatic heterocycles. The van der Waals surface area contributed by atoms with E-state index in [-0.39, 0.29) is 18.5 Å². The molecule has 0 aromatic rings. The molecule has 3 N–H and O–H groups in total. The van der Waals surface area contributed by atoms with E-state index in [9.17, 15) is 19.8 Å². The maximum absolute atomic E-state index is 12.4. The Balaban J connectivity index is 3.46. The number of hydrogen-bond acceptors (Lipinski definition) is 5. The lowest BCUT2D eigenvalue weighted by Gasteiger charge is -2.22. The standard InChI is InChI=1S/C49H95NO5/c1-3-5-7-9-11-13-15-17-18-19-23-27-31-35-39-43-49(54)55-44-40-36-32-28-24-20-22-26-30-34-38-42-48(53)50-46(45-51)47(52)41-37-33-29-25-21-16-14-12-10-8-6-4-2/h17-18,46-47,51-52H,3-16,19-45H2,1-2H3,(H,50,53)/b18-17-. The number of carbonyl (C=O) groups excluding carboxylic acids is 2. The van der Waals surface area contributed by atoms with Crippen molar-refractivity contribution >= 4 is 11.9 Å². The van der Waals surface area contributed by atoms with E-state index < -0.39 is 12.1 Å². The summed E-state index contributed by atoms with van der Waals surface area (Å²) in [4.78, 5) is 24.4. The van der Waals surface area contributed by atoms with E-state index in [4.69, 9.17) is 4.74 Å². The second kappa shape index (κ2) is 45.3. The van der Waals surface area contributed by atoms with Crippen molar-refractivity contribution in [3.8, 4) is 0 Å². The minimum absolute atomic E-state index is 0.0216. The van der Waals surface area contributed by atoms with Gasteiger partial charge < -0.3 is 20.3 Å². The average Bonchev–Trinajstić information content (AvgIpc) is 3.18. The molecule has 326 valence electrons. The summed E-state index contributed by atoms with van der Waals surface area (Å²) >= 11 is 0. The van der Waals surface area contributed by atoms with Crippen LogP contribution in [0.2, 0.25) is 0 Å². The molecule has 0 bridgehead atoms. The van der Waals surface area contributed by atoms with Crippen LogP contribution in [0.15, 0.2) is 12.2 Å². The van der Waals surface area contributed by atoms with Gasteiger partial charge in [-0.05, 0) is 51.4 Å². The number of rotatable bonds is 45. The number of unbranched alkanes of at least 4 members (excludes halogenated alkanes) is 32. The summed E-state index contributed by atoms with van der Waals surface area (Å²) < 4.78 is 5.45. The van der Waals surface area contributed by atoms with Crippen LogP contribution in [0.3, 0.4) is 0 Å². The Morgan fingerprint density at radius 3 is 1.29 bits per heavy atom. The molecule has 0 aliphatic heterocycles. The number of allylic oxidation sites excluding steroid dienone is 2. The number of esters is 1. The molecule has 0 rings (SSSR count). The van der Waals surface area contributed by atoms with Crippen molar-refractivity contribution in [2.24, 2.45) is 0 Å². The molecule has 0 aliphatic carbocycles. The van der Waals surface area contributed by atoms with Crippen LogP contribution in [-0.4, -0.2) is 47.4 Å². The fraction of sp³-hybridized carbons (Fsp3) is 0.918. The maximum atomic E-state index is 12.4. The first kappa shape index (κ1) is 53.6. The Morgan fingerprint density at radius 2 is 0.855 bits per heavy atom. The van der Waals surface area contributed by atoms with Crippen LogP contribution < -0.4 is 5.32 Å². The van der Waals surface area contributed by atoms with E-state index >= 15 is 0 Å². The zero-order valence-corrected chi connectivity index (χ0v) is 36.9. The molecular formula is C49H95NO5. The molecule has 6 nitrogen and oxygen atoms in total. The number of aliphatic hydroxyl groups is 2. The number of hydrogen-bond donors (Lipinski definition) is 3. The van der Waals surface area contributed by atoms with Gasteiger partial charge in [-0.25, -0.2) is 0 Å². The highest BCUT2D eigenvalue weighted by Crippen LogP contribution is 2.16. The highest BCUT2D eigenvalue weighted by molar-refractivity contribution is 5.76. The molecule has 0 spiro atoms. The molecule has 55 heavy (non-hydrogen) atoms. The van der Waals surface area contributed by atoms with Gasteiger partial charge in [0.25, 0.3) is 0 Å². The van der Waals surface area contributed by atoms with Crippen molar-refractivity contribution in [1.29, 1.82) is 0 Å². The third-order valence-corrected chi connectivity index (χ3v) is 11.3. The Labute approximate surface area is 342 Å². The average molecular weight is 778 g/mol. The van der Waals surface area contributed by atoms with E-state index in [0.717, 1.165) is 57.8 Å². The first-order valence-corrected chi connectivity index (χ1v) is 24.4. The molecule has 1 amide bonds. The molecule has 6 heteroatoms. The Bertz CT molecular complexity index is 817. The van der Waals surface area contributed by atoms with E-state index in [1.807, 2.05) is 0 Å². The summed E-state index contributed by atoms with van der Waals surface area (Å²) in [6, 6.07) is -0.553. The van der Waals surface area contributed by atoms with E-state index in [0.29, 0.717) is 25.9 Å². The van der Waals surface area contributed by atoms with Gasteiger partial charge in [0.15, 0.2) is 0 Å². The molecule has 0 aliphatic rings. The molecule has 0 saturated heterocycles. The predicted octanol–water partition coefficient (Wildman–Crippen LogP) is 14.2. The molecule has 0 fully saturated rings. The minimum Gasteiger partial charge on any atom is -0.466 e. The van der Waals surface area contributed by atoms with E-state index in [1.54, 1.807) is 0 Å². The number of carbonyl (C=O) groups is 2. The number of nitrogens with one attached hydrogen (secondary N) is 1. The second-order valence-corrected chi connectivity index (χ2v) is 16.8. The van der Waals surface area contributed by atoms with Crippen molar-refractivity contribution in [3.05, 3.63) is 12.2 Å². The zero-order valence-electron chi connectivity index (χ0n) is 36.9. The van der Waals surface area contributed by atoms with Crippen LogP contribution in [0.4, 0.5) is 0 Å². The smallest absolute Gasteiger partial charge is 0.305 e. The molecule has 0 aromatic carbocycles. The Hall–Kier alpha value is -1.40. The molecule has 2 unspecified atom stereocenters. The van der Waals surface area contributed by atoms with Gasteiger partial charge in [0.1, 0.15) is 0 Å². The summed E-state index contributed by atoms with van der Waals surface area (Å²) in [5.41, 5.74) is 0. The molecule has 0 heterocycles. The zero-order chi connectivity index (χ0) is 40.1. The van der Waals surface area contributed by atoms with Crippen LogP contribution in [0.5, 0.6) is 0 Å². The van der Waals surface area contributed by atoms with Crippen LogP contribution in [0.25, 0.3) is 0 Å². The predicted molar refractivity (Wildman–Crippen MR) is 237 cm³/mol. The van der Waals surface area contributed by atoms with Gasteiger partial charge in [0.05, 0.1) is 25.4 Å². The normalized spacial score (nSPS) is 12.7. The Morgan fingerprint density at radius 1 is 0.491 bits per heavy atom. The van der Waals surface area contributed by atoms with Crippen LogP contribution in [0.1, 0.15) is 264 Å². The lowest BCUT2D eigenvalue weighted by atomic mass is 10.0. The summed E-state index contributed by atoms with van der Waals surface area (Å²) in [6.45, 7) is 4.89. The van der Waals surface area contributed by atoms with E-state index in [1.165, 1.54) is 173 Å². The summed E-state index contributed by atoms with van der Waals surface area (Å²) in [7, 11) is 0. The summed E-state index contributed by atoms with van der Waals surface area (Å²) in [5, 5.41) is 23.1. The van der Waals surface area contributed by atoms with Crippen LogP contribution >= 0.6 is 0 Å². The molecule has 0 saturated carbocycles. The first-order chi connectivity index (χ1) is 27.0. The van der Waals surface area contributed by atoms with E-state index in [2.05, 4.69) is 31.3 Å². The monoisotopic (exact) mass is 778 g/mol. The molecular weight excluding hydrogens is 683 g/mol. The topological polar surface area (TPSA) is 95.9 Å². The van der Waals surface area contributed by atoms with Gasteiger partial charge in [-0.1, -0.05) is 212 Å². The third-order valence-electron chi connectivity index (χ3n) is 11.3. The van der Waals surface area contributed by atoms with Crippen LogP contribution in [0, 0.1) is 0 Å². The van der Waals surface area contributed by atoms with Gasteiger partial charge in [-0.3, -0.25) is 9.59 Å². The highest BCUT2D eigenvalue weighted by atomic mass is 16.5. The Kier molecular flexibility index (Phi) is 44.2. The fourth-order valence-electron chi connectivity index (χ4n) is 7.51. The lowest BCUT2D eigenvalue weighted by Crippen LogP contribution is -2.45. The van der Waals surface area contributed by atoms with Crippen molar-refractivity contribution in [3.63, 3.8) is 0 Å². The van der Waals surface area contributed by atoms with Crippen LogP contribution in [-0.2, 0) is 14.3 Å². The van der Waals surface area contributed by atoms with Crippen molar-refractivity contribution < 1.29 is 24.5 Å². The number of amides is 1. The summed E-state index contributed by atoms with van der Waals surface area (Å²) in [5.74, 6) is -0.0763. The van der Waals surface area contributed by atoms with Crippen molar-refractivity contribution in [2.45, 2.75) is 276 Å². The number of aliphatic hydroxyl groups excluding tert-OH is 2. The van der Waals surface area contributed by atoms with Crippen molar-refractivity contribution in [1.82, 2.24) is 5.32 Å². The van der Waals surface area contributed by atoms with Gasteiger partial charge in [-0.15, -0.1) is 0 Å². The fourth-order valence-corrected chi connectivity index (χ4v) is 7.51. The van der Waals surface area contributed by atoms with Gasteiger partial charge in [-0.2, -0.15) is 0 Å². The quantitative estimate of drug-likeness (QED) is 0.0325. The van der Waals surface area contributed by atoms with Gasteiger partial charge in [0, 0.05) is 12.8 Å².